The van der Waals surface area contributed by atoms with E-state index in [9.17, 15) is 4.39 Å². The molecule has 6 heteroatoms. The average Bonchev–Trinajstić information content (AvgIpc) is 2.80. The van der Waals surface area contributed by atoms with Crippen LogP contribution in [0.15, 0.2) is 22.7 Å². The van der Waals surface area contributed by atoms with Gasteiger partial charge in [0, 0.05) is 16.0 Å². The Balaban J connectivity index is 2.36. The first-order valence-corrected chi connectivity index (χ1v) is 6.21. The Bertz CT molecular complexity index is 592. The van der Waals surface area contributed by atoms with Crippen LogP contribution in [-0.2, 0) is 5.41 Å². The molecule has 0 saturated heterocycles. The summed E-state index contributed by atoms with van der Waals surface area (Å²) in [5.41, 5.74) is 5.92. The fourth-order valence-electron chi connectivity index (χ4n) is 1.56. The van der Waals surface area contributed by atoms with E-state index in [0.717, 1.165) is 0 Å². The number of hydrogen-bond donors (Lipinski definition) is 1. The maximum absolute atomic E-state index is 13.7. The Morgan fingerprint density at radius 3 is 2.63 bits per heavy atom. The first kappa shape index (κ1) is 14.0. The predicted octanol–water partition coefficient (Wildman–Crippen LogP) is 3.21. The third-order valence-corrected chi connectivity index (χ3v) is 2.89. The highest BCUT2D eigenvalue weighted by Crippen LogP contribution is 2.26. The first-order chi connectivity index (χ1) is 8.79. The van der Waals surface area contributed by atoms with Crippen LogP contribution in [0.3, 0.4) is 0 Å². The Morgan fingerprint density at radius 1 is 1.37 bits per heavy atom. The molecule has 4 nitrogen and oxygen atoms in total. The van der Waals surface area contributed by atoms with Crippen LogP contribution in [0.25, 0.3) is 0 Å². The molecule has 0 aliphatic carbocycles. The molecule has 0 aliphatic rings. The van der Waals surface area contributed by atoms with Crippen molar-refractivity contribution in [3.8, 4) is 0 Å². The van der Waals surface area contributed by atoms with Crippen LogP contribution in [0, 0.1) is 5.82 Å². The third-order valence-electron chi connectivity index (χ3n) is 2.65. The van der Waals surface area contributed by atoms with Crippen molar-refractivity contribution in [2.75, 3.05) is 0 Å². The van der Waals surface area contributed by atoms with Gasteiger partial charge < -0.3 is 10.3 Å². The van der Waals surface area contributed by atoms with Crippen molar-refractivity contribution < 1.29 is 8.91 Å². The minimum absolute atomic E-state index is 0.242. The fourth-order valence-corrected chi connectivity index (χ4v) is 1.74. The molecular formula is C13H15ClFN3O. The summed E-state index contributed by atoms with van der Waals surface area (Å²) >= 11 is 5.84. The lowest BCUT2D eigenvalue weighted by atomic mass is 9.97. The van der Waals surface area contributed by atoms with E-state index in [0.29, 0.717) is 10.9 Å². The number of nitrogens with zero attached hydrogens (tertiary/aromatic N) is 2. The van der Waals surface area contributed by atoms with Crippen LogP contribution in [0.1, 0.15) is 44.1 Å². The van der Waals surface area contributed by atoms with Gasteiger partial charge in [-0.1, -0.05) is 37.5 Å². The van der Waals surface area contributed by atoms with Gasteiger partial charge in [0.15, 0.2) is 5.82 Å². The zero-order valence-corrected chi connectivity index (χ0v) is 11.7. The molecule has 1 aromatic heterocycles. The van der Waals surface area contributed by atoms with Gasteiger partial charge in [0.2, 0.25) is 5.89 Å². The summed E-state index contributed by atoms with van der Waals surface area (Å²) in [6.07, 6.45) is 0. The van der Waals surface area contributed by atoms with Crippen molar-refractivity contribution >= 4 is 11.6 Å². The van der Waals surface area contributed by atoms with Crippen molar-refractivity contribution in [2.24, 2.45) is 5.73 Å². The number of hydrogen-bond acceptors (Lipinski definition) is 4. The van der Waals surface area contributed by atoms with Gasteiger partial charge >= 0.3 is 0 Å². The van der Waals surface area contributed by atoms with Gasteiger partial charge in [0.25, 0.3) is 0 Å². The lowest BCUT2D eigenvalue weighted by molar-refractivity contribution is 0.317. The molecule has 1 heterocycles. The molecule has 1 unspecified atom stereocenters. The zero-order valence-electron chi connectivity index (χ0n) is 10.9. The number of benzene rings is 1. The second-order valence-electron chi connectivity index (χ2n) is 5.35. The lowest BCUT2D eigenvalue weighted by Gasteiger charge is -2.11. The van der Waals surface area contributed by atoms with E-state index in [2.05, 4.69) is 10.1 Å². The highest BCUT2D eigenvalue weighted by molar-refractivity contribution is 6.30. The Morgan fingerprint density at radius 2 is 2.05 bits per heavy atom. The third kappa shape index (κ3) is 2.93. The summed E-state index contributed by atoms with van der Waals surface area (Å²) in [5.74, 6) is 0.255. The summed E-state index contributed by atoms with van der Waals surface area (Å²) in [7, 11) is 0. The molecule has 0 radical (unpaired) electrons. The van der Waals surface area contributed by atoms with E-state index in [-0.39, 0.29) is 16.8 Å². The van der Waals surface area contributed by atoms with E-state index in [1.807, 2.05) is 20.8 Å². The molecule has 2 N–H and O–H groups in total. The summed E-state index contributed by atoms with van der Waals surface area (Å²) in [5, 5.41) is 4.22. The van der Waals surface area contributed by atoms with Gasteiger partial charge in [-0.05, 0) is 18.2 Å². The molecule has 0 bridgehead atoms. The quantitative estimate of drug-likeness (QED) is 0.919. The number of aromatic nitrogens is 2. The summed E-state index contributed by atoms with van der Waals surface area (Å²) in [4.78, 5) is 4.22. The molecule has 2 rings (SSSR count). The van der Waals surface area contributed by atoms with E-state index < -0.39 is 11.9 Å². The number of nitrogens with two attached hydrogens (primary N) is 1. The molecule has 2 aromatic rings. The van der Waals surface area contributed by atoms with E-state index >= 15 is 0 Å². The zero-order chi connectivity index (χ0) is 14.2. The maximum atomic E-state index is 13.7. The molecule has 0 spiro atoms. The van der Waals surface area contributed by atoms with E-state index in [1.54, 1.807) is 0 Å². The molecular weight excluding hydrogens is 269 g/mol. The standard InChI is InChI=1S/C13H15ClFN3O/c1-13(2,3)12-17-11(18-19-12)10(16)8-6-7(14)4-5-9(8)15/h4-6,10H,16H2,1-3H3. The minimum atomic E-state index is -0.807. The van der Waals surface area contributed by atoms with Crippen molar-refractivity contribution in [3.05, 3.63) is 46.3 Å². The normalized spacial score (nSPS) is 13.6. The van der Waals surface area contributed by atoms with Gasteiger partial charge in [-0.25, -0.2) is 4.39 Å². The monoisotopic (exact) mass is 283 g/mol. The van der Waals surface area contributed by atoms with Crippen LogP contribution >= 0.6 is 11.6 Å². The largest absolute Gasteiger partial charge is 0.339 e. The van der Waals surface area contributed by atoms with Gasteiger partial charge in [-0.2, -0.15) is 4.98 Å². The van der Waals surface area contributed by atoms with Crippen LogP contribution in [-0.4, -0.2) is 10.1 Å². The van der Waals surface area contributed by atoms with Gasteiger partial charge in [0.05, 0.1) is 6.04 Å². The van der Waals surface area contributed by atoms with Crippen LogP contribution in [0.4, 0.5) is 4.39 Å². The van der Waals surface area contributed by atoms with Crippen LogP contribution in [0.5, 0.6) is 0 Å². The van der Waals surface area contributed by atoms with Crippen molar-refractivity contribution in [1.29, 1.82) is 0 Å². The van der Waals surface area contributed by atoms with Crippen molar-refractivity contribution in [2.45, 2.75) is 32.2 Å². The highest BCUT2D eigenvalue weighted by Gasteiger charge is 2.25. The molecule has 1 atom stereocenters. The van der Waals surface area contributed by atoms with Crippen molar-refractivity contribution in [3.63, 3.8) is 0 Å². The second kappa shape index (κ2) is 4.90. The fraction of sp³-hybridized carbons (Fsp3) is 0.385. The number of rotatable bonds is 2. The first-order valence-electron chi connectivity index (χ1n) is 5.83. The molecule has 102 valence electrons. The van der Waals surface area contributed by atoms with Gasteiger partial charge in [0.1, 0.15) is 5.82 Å². The molecule has 19 heavy (non-hydrogen) atoms. The van der Waals surface area contributed by atoms with Gasteiger partial charge in [-0.15, -0.1) is 0 Å². The molecule has 1 aromatic carbocycles. The van der Waals surface area contributed by atoms with Crippen LogP contribution < -0.4 is 5.73 Å². The minimum Gasteiger partial charge on any atom is -0.339 e. The topological polar surface area (TPSA) is 64.9 Å². The second-order valence-corrected chi connectivity index (χ2v) is 5.79. The summed E-state index contributed by atoms with van der Waals surface area (Å²) in [6.45, 7) is 5.82. The lowest BCUT2D eigenvalue weighted by Crippen LogP contribution is -2.16. The average molecular weight is 284 g/mol. The predicted molar refractivity (Wildman–Crippen MR) is 70.4 cm³/mol. The van der Waals surface area contributed by atoms with Gasteiger partial charge in [-0.3, -0.25) is 0 Å². The summed E-state index contributed by atoms with van der Waals surface area (Å²) in [6, 6.07) is 3.39. The Labute approximate surface area is 115 Å². The van der Waals surface area contributed by atoms with Crippen LogP contribution in [0.2, 0.25) is 5.02 Å². The molecule has 0 saturated carbocycles. The summed E-state index contributed by atoms with van der Waals surface area (Å²) < 4.78 is 18.9. The van der Waals surface area contributed by atoms with Crippen molar-refractivity contribution in [1.82, 2.24) is 10.1 Å². The SMILES string of the molecule is CC(C)(C)c1nc(C(N)c2cc(Cl)ccc2F)no1. The van der Waals surface area contributed by atoms with E-state index in [4.69, 9.17) is 21.9 Å². The molecule has 0 aliphatic heterocycles. The Kier molecular flexibility index (Phi) is 3.60. The maximum Gasteiger partial charge on any atom is 0.232 e. The Hall–Kier alpha value is -1.46. The molecule has 0 fully saturated rings. The molecule has 0 amide bonds. The van der Waals surface area contributed by atoms with E-state index in [1.165, 1.54) is 18.2 Å². The highest BCUT2D eigenvalue weighted by atomic mass is 35.5. The number of halogens is 2. The smallest absolute Gasteiger partial charge is 0.232 e.